The SMILES string of the molecule is O=S(=O)(NC(CO)c1ccc(Cl)cc1)c1ccccc1Cl. The molecule has 2 N–H and O–H groups in total. The molecule has 112 valence electrons. The van der Waals surface area contributed by atoms with Crippen molar-refractivity contribution in [3.63, 3.8) is 0 Å². The zero-order valence-electron chi connectivity index (χ0n) is 10.8. The van der Waals surface area contributed by atoms with Gasteiger partial charge in [-0.05, 0) is 29.8 Å². The molecule has 0 aliphatic carbocycles. The van der Waals surface area contributed by atoms with Crippen LogP contribution >= 0.6 is 23.2 Å². The monoisotopic (exact) mass is 345 g/mol. The van der Waals surface area contributed by atoms with Crippen LogP contribution in [-0.2, 0) is 10.0 Å². The molecule has 0 spiro atoms. The number of rotatable bonds is 5. The average molecular weight is 346 g/mol. The van der Waals surface area contributed by atoms with Crippen LogP contribution in [0.4, 0.5) is 0 Å². The highest BCUT2D eigenvalue weighted by molar-refractivity contribution is 7.89. The first-order valence-corrected chi connectivity index (χ1v) is 8.31. The minimum absolute atomic E-state index is 0.0286. The van der Waals surface area contributed by atoms with Crippen molar-refractivity contribution in [2.45, 2.75) is 10.9 Å². The Morgan fingerprint density at radius 3 is 2.24 bits per heavy atom. The molecular formula is C14H13Cl2NO3S. The highest BCUT2D eigenvalue weighted by Crippen LogP contribution is 2.23. The number of benzene rings is 2. The molecule has 0 saturated carbocycles. The van der Waals surface area contributed by atoms with Crippen LogP contribution in [0, 0.1) is 0 Å². The molecule has 2 aromatic carbocycles. The largest absolute Gasteiger partial charge is 0.394 e. The molecule has 4 nitrogen and oxygen atoms in total. The third-order valence-corrected chi connectivity index (χ3v) is 5.10. The molecule has 0 aliphatic rings. The molecule has 0 bridgehead atoms. The first-order valence-electron chi connectivity index (χ1n) is 6.07. The Bertz CT molecular complexity index is 717. The Balaban J connectivity index is 2.30. The predicted octanol–water partition coefficient (Wildman–Crippen LogP) is 3.01. The molecule has 21 heavy (non-hydrogen) atoms. The smallest absolute Gasteiger partial charge is 0.242 e. The Labute approximate surface area is 133 Å². The van der Waals surface area contributed by atoms with Crippen LogP contribution in [-0.4, -0.2) is 20.1 Å². The molecule has 2 rings (SSSR count). The summed E-state index contributed by atoms with van der Waals surface area (Å²) >= 11 is 11.7. The lowest BCUT2D eigenvalue weighted by molar-refractivity contribution is 0.259. The standard InChI is InChI=1S/C14H13Cl2NO3S/c15-11-7-5-10(6-8-11)13(9-18)17-21(19,20)14-4-2-1-3-12(14)16/h1-8,13,17-18H,9H2. The molecule has 0 aromatic heterocycles. The lowest BCUT2D eigenvalue weighted by Gasteiger charge is -2.17. The first-order chi connectivity index (χ1) is 9.94. The van der Waals surface area contributed by atoms with E-state index in [0.29, 0.717) is 10.6 Å². The summed E-state index contributed by atoms with van der Waals surface area (Å²) in [5.74, 6) is 0. The van der Waals surface area contributed by atoms with E-state index in [9.17, 15) is 13.5 Å². The van der Waals surface area contributed by atoms with Crippen LogP contribution in [0.25, 0.3) is 0 Å². The summed E-state index contributed by atoms with van der Waals surface area (Å²) in [6.07, 6.45) is 0. The molecular weight excluding hydrogens is 333 g/mol. The summed E-state index contributed by atoms with van der Waals surface area (Å²) in [7, 11) is -3.84. The van der Waals surface area contributed by atoms with Gasteiger partial charge in [0.2, 0.25) is 10.0 Å². The maximum Gasteiger partial charge on any atom is 0.242 e. The number of sulfonamides is 1. The minimum Gasteiger partial charge on any atom is -0.394 e. The van der Waals surface area contributed by atoms with Crippen molar-refractivity contribution in [3.8, 4) is 0 Å². The summed E-state index contributed by atoms with van der Waals surface area (Å²) in [6.45, 7) is -0.384. The van der Waals surface area contributed by atoms with Crippen molar-refractivity contribution < 1.29 is 13.5 Å². The number of hydrogen-bond donors (Lipinski definition) is 2. The molecule has 0 radical (unpaired) electrons. The Hall–Kier alpha value is -1.11. The lowest BCUT2D eigenvalue weighted by Crippen LogP contribution is -2.31. The van der Waals surface area contributed by atoms with E-state index >= 15 is 0 Å². The van der Waals surface area contributed by atoms with Crippen LogP contribution in [0.3, 0.4) is 0 Å². The molecule has 0 saturated heterocycles. The first kappa shape index (κ1) is 16.3. The fourth-order valence-corrected chi connectivity index (χ4v) is 3.68. The summed E-state index contributed by atoms with van der Waals surface area (Å²) in [5, 5.41) is 10.1. The fourth-order valence-electron chi connectivity index (χ4n) is 1.82. The van der Waals surface area contributed by atoms with Crippen LogP contribution in [0.15, 0.2) is 53.4 Å². The van der Waals surface area contributed by atoms with Gasteiger partial charge >= 0.3 is 0 Å². The van der Waals surface area contributed by atoms with E-state index in [2.05, 4.69) is 4.72 Å². The van der Waals surface area contributed by atoms with E-state index in [-0.39, 0.29) is 16.5 Å². The van der Waals surface area contributed by atoms with Gasteiger partial charge in [-0.3, -0.25) is 0 Å². The topological polar surface area (TPSA) is 66.4 Å². The van der Waals surface area contributed by atoms with Crippen LogP contribution in [0.2, 0.25) is 10.0 Å². The van der Waals surface area contributed by atoms with Gasteiger partial charge < -0.3 is 5.11 Å². The summed E-state index contributed by atoms with van der Waals surface area (Å²) in [6, 6.07) is 11.9. The van der Waals surface area contributed by atoms with Crippen LogP contribution in [0.5, 0.6) is 0 Å². The summed E-state index contributed by atoms with van der Waals surface area (Å²) in [5.41, 5.74) is 0.609. The van der Waals surface area contributed by atoms with E-state index in [0.717, 1.165) is 0 Å². The number of halogens is 2. The van der Waals surface area contributed by atoms with Gasteiger partial charge in [0.25, 0.3) is 0 Å². The summed E-state index contributed by atoms with van der Waals surface area (Å²) in [4.78, 5) is -0.0286. The number of hydrogen-bond acceptors (Lipinski definition) is 3. The van der Waals surface area contributed by atoms with Crippen molar-refractivity contribution in [1.82, 2.24) is 4.72 Å². The molecule has 1 atom stereocenters. The predicted molar refractivity (Wildman–Crippen MR) is 83.1 cm³/mol. The molecule has 0 aliphatic heterocycles. The van der Waals surface area contributed by atoms with Gasteiger partial charge in [0.15, 0.2) is 0 Å². The maximum absolute atomic E-state index is 12.3. The second-order valence-corrected chi connectivity index (χ2v) is 6.86. The highest BCUT2D eigenvalue weighted by atomic mass is 35.5. The highest BCUT2D eigenvalue weighted by Gasteiger charge is 2.22. The number of aliphatic hydroxyl groups excluding tert-OH is 1. The zero-order chi connectivity index (χ0) is 15.5. The zero-order valence-corrected chi connectivity index (χ0v) is 13.2. The van der Waals surface area contributed by atoms with Crippen molar-refractivity contribution in [1.29, 1.82) is 0 Å². The third-order valence-electron chi connectivity index (χ3n) is 2.88. The van der Waals surface area contributed by atoms with E-state index in [4.69, 9.17) is 23.2 Å². The van der Waals surface area contributed by atoms with E-state index in [1.807, 2.05) is 0 Å². The van der Waals surface area contributed by atoms with Crippen LogP contribution < -0.4 is 4.72 Å². The number of aliphatic hydroxyl groups is 1. The van der Waals surface area contributed by atoms with E-state index < -0.39 is 16.1 Å². The Morgan fingerprint density at radius 2 is 1.67 bits per heavy atom. The Morgan fingerprint density at radius 1 is 1.05 bits per heavy atom. The maximum atomic E-state index is 12.3. The van der Waals surface area contributed by atoms with Gasteiger partial charge in [-0.1, -0.05) is 47.5 Å². The van der Waals surface area contributed by atoms with Gasteiger partial charge in [-0.15, -0.1) is 0 Å². The molecule has 0 fully saturated rings. The van der Waals surface area contributed by atoms with E-state index in [1.165, 1.54) is 12.1 Å². The Kier molecular flexibility index (Phi) is 5.24. The van der Waals surface area contributed by atoms with E-state index in [1.54, 1.807) is 36.4 Å². The average Bonchev–Trinajstić information content (AvgIpc) is 2.46. The third kappa shape index (κ3) is 3.96. The van der Waals surface area contributed by atoms with Crippen molar-refractivity contribution in [2.24, 2.45) is 0 Å². The van der Waals surface area contributed by atoms with Gasteiger partial charge in [0, 0.05) is 5.02 Å². The molecule has 1 unspecified atom stereocenters. The molecule has 0 heterocycles. The normalized spacial score (nSPS) is 13.1. The quantitative estimate of drug-likeness (QED) is 0.875. The van der Waals surface area contributed by atoms with Crippen molar-refractivity contribution >= 4 is 33.2 Å². The van der Waals surface area contributed by atoms with Gasteiger partial charge in [0.05, 0.1) is 17.7 Å². The molecule has 7 heteroatoms. The minimum atomic E-state index is -3.84. The lowest BCUT2D eigenvalue weighted by atomic mass is 10.1. The van der Waals surface area contributed by atoms with Crippen molar-refractivity contribution in [2.75, 3.05) is 6.61 Å². The van der Waals surface area contributed by atoms with Crippen molar-refractivity contribution in [3.05, 3.63) is 64.1 Å². The van der Waals surface area contributed by atoms with Gasteiger partial charge in [0.1, 0.15) is 4.90 Å². The van der Waals surface area contributed by atoms with Crippen LogP contribution in [0.1, 0.15) is 11.6 Å². The number of nitrogens with one attached hydrogen (secondary N) is 1. The van der Waals surface area contributed by atoms with Gasteiger partial charge in [-0.25, -0.2) is 13.1 Å². The second kappa shape index (κ2) is 6.77. The molecule has 2 aromatic rings. The fraction of sp³-hybridized carbons (Fsp3) is 0.143. The molecule has 0 amide bonds. The van der Waals surface area contributed by atoms with Gasteiger partial charge in [-0.2, -0.15) is 0 Å². The second-order valence-electron chi connectivity index (χ2n) is 4.34. The summed E-state index contributed by atoms with van der Waals surface area (Å²) < 4.78 is 27.1.